The van der Waals surface area contributed by atoms with E-state index in [4.69, 9.17) is 9.26 Å². The molecule has 34 heavy (non-hydrogen) atoms. The van der Waals surface area contributed by atoms with Crippen molar-refractivity contribution in [3.8, 4) is 23.0 Å². The number of methoxy groups -OCH3 is 1. The summed E-state index contributed by atoms with van der Waals surface area (Å²) in [5.41, 5.74) is 1.57. The molecule has 0 unspecified atom stereocenters. The van der Waals surface area contributed by atoms with E-state index in [1.54, 1.807) is 0 Å². The summed E-state index contributed by atoms with van der Waals surface area (Å²) in [6.07, 6.45) is -1.15. The number of hydrogen-bond donors (Lipinski definition) is 1. The van der Waals surface area contributed by atoms with E-state index in [9.17, 15) is 18.7 Å². The van der Waals surface area contributed by atoms with Crippen molar-refractivity contribution in [1.82, 2.24) is 19.9 Å². The fourth-order valence-corrected chi connectivity index (χ4v) is 4.22. The highest BCUT2D eigenvalue weighted by molar-refractivity contribution is 5.91. The zero-order chi connectivity index (χ0) is 24.0. The van der Waals surface area contributed by atoms with Gasteiger partial charge in [-0.2, -0.15) is 10.1 Å². The van der Waals surface area contributed by atoms with Gasteiger partial charge in [0.2, 0.25) is 0 Å². The van der Waals surface area contributed by atoms with Gasteiger partial charge in [0.25, 0.3) is 12.3 Å². The second-order valence-corrected chi connectivity index (χ2v) is 8.18. The standard InChI is InChI=1S/C24H20F2N4O4/c1-13-5-3-4-6-16(13)24(9-10-24)23-27-21(34-29-23)18-12-17(20(25)26)28-30(18)14-7-8-19(33-2)15(11-14)22(31)32/h3-8,11-12,20H,9-10H2,1-2H3,(H,31,32). The van der Waals surface area contributed by atoms with Gasteiger partial charge in [-0.3, -0.25) is 0 Å². The van der Waals surface area contributed by atoms with Crippen molar-refractivity contribution < 1.29 is 27.9 Å². The van der Waals surface area contributed by atoms with Crippen LogP contribution >= 0.6 is 0 Å². The first-order valence-corrected chi connectivity index (χ1v) is 10.5. The molecule has 1 aliphatic carbocycles. The van der Waals surface area contributed by atoms with Crippen molar-refractivity contribution in [1.29, 1.82) is 0 Å². The maximum atomic E-state index is 13.5. The molecule has 2 aromatic carbocycles. The van der Waals surface area contributed by atoms with Crippen LogP contribution in [0.25, 0.3) is 17.3 Å². The van der Waals surface area contributed by atoms with Crippen molar-refractivity contribution in [3.63, 3.8) is 0 Å². The number of aryl methyl sites for hydroxylation is 1. The molecule has 0 spiro atoms. The van der Waals surface area contributed by atoms with Gasteiger partial charge in [0, 0.05) is 0 Å². The Labute approximate surface area is 192 Å². The zero-order valence-corrected chi connectivity index (χ0v) is 18.3. The Bertz CT molecular complexity index is 1390. The van der Waals surface area contributed by atoms with Gasteiger partial charge in [0.15, 0.2) is 5.82 Å². The third-order valence-corrected chi connectivity index (χ3v) is 6.09. The van der Waals surface area contributed by atoms with E-state index in [0.717, 1.165) is 24.0 Å². The predicted octanol–water partition coefficient (Wildman–Crippen LogP) is 4.96. The molecule has 2 aromatic heterocycles. The summed E-state index contributed by atoms with van der Waals surface area (Å²) in [6.45, 7) is 2.02. The van der Waals surface area contributed by atoms with Crippen LogP contribution in [-0.2, 0) is 5.41 Å². The van der Waals surface area contributed by atoms with Crippen molar-refractivity contribution in [2.75, 3.05) is 7.11 Å². The fraction of sp³-hybridized carbons (Fsp3) is 0.250. The molecule has 1 N–H and O–H groups in total. The van der Waals surface area contributed by atoms with E-state index in [0.29, 0.717) is 5.82 Å². The minimum Gasteiger partial charge on any atom is -0.496 e. The van der Waals surface area contributed by atoms with Gasteiger partial charge in [-0.05, 0) is 55.2 Å². The molecule has 0 radical (unpaired) electrons. The Morgan fingerprint density at radius 2 is 1.97 bits per heavy atom. The minimum absolute atomic E-state index is 0.0157. The molecule has 4 aromatic rings. The topological polar surface area (TPSA) is 103 Å². The van der Waals surface area contributed by atoms with Crippen LogP contribution in [0.3, 0.4) is 0 Å². The number of hydrogen-bond acceptors (Lipinski definition) is 6. The lowest BCUT2D eigenvalue weighted by Crippen LogP contribution is -2.12. The van der Waals surface area contributed by atoms with Crippen LogP contribution in [-0.4, -0.2) is 38.1 Å². The number of alkyl halides is 2. The lowest BCUT2D eigenvalue weighted by molar-refractivity contribution is 0.0693. The SMILES string of the molecule is COc1ccc(-n2nc(C(F)F)cc2-c2nc(C3(c4ccccc4C)CC3)no2)cc1C(=O)O. The van der Waals surface area contributed by atoms with Crippen LogP contribution in [0, 0.1) is 6.92 Å². The summed E-state index contributed by atoms with van der Waals surface area (Å²) < 4.78 is 38.8. The number of carboxylic acid groups (broad SMARTS) is 1. The molecule has 10 heteroatoms. The van der Waals surface area contributed by atoms with E-state index in [1.165, 1.54) is 36.1 Å². The first-order chi connectivity index (χ1) is 16.3. The number of carbonyl (C=O) groups is 1. The molecule has 0 saturated heterocycles. The average molecular weight is 466 g/mol. The molecule has 2 heterocycles. The number of benzene rings is 2. The highest BCUT2D eigenvalue weighted by Gasteiger charge is 2.50. The van der Waals surface area contributed by atoms with Gasteiger partial charge >= 0.3 is 5.97 Å². The number of carboxylic acids is 1. The molecule has 1 fully saturated rings. The van der Waals surface area contributed by atoms with Crippen LogP contribution < -0.4 is 4.74 Å². The van der Waals surface area contributed by atoms with E-state index < -0.39 is 18.1 Å². The lowest BCUT2D eigenvalue weighted by atomic mass is 9.91. The number of ether oxygens (including phenoxy) is 1. The third-order valence-electron chi connectivity index (χ3n) is 6.09. The van der Waals surface area contributed by atoms with Gasteiger partial charge in [0.05, 0.1) is 18.2 Å². The Balaban J connectivity index is 1.60. The molecule has 1 saturated carbocycles. The van der Waals surface area contributed by atoms with E-state index in [1.807, 2.05) is 31.2 Å². The molecule has 0 aliphatic heterocycles. The Kier molecular flexibility index (Phi) is 5.15. The van der Waals surface area contributed by atoms with Crippen molar-refractivity contribution in [2.24, 2.45) is 0 Å². The monoisotopic (exact) mass is 466 g/mol. The minimum atomic E-state index is -2.85. The van der Waals surface area contributed by atoms with Crippen LogP contribution in [0.15, 0.2) is 53.1 Å². The maximum Gasteiger partial charge on any atom is 0.339 e. The molecule has 8 nitrogen and oxygen atoms in total. The molecule has 1 aliphatic rings. The Hall–Kier alpha value is -4.08. The molecular weight excluding hydrogens is 446 g/mol. The molecule has 174 valence electrons. The van der Waals surface area contributed by atoms with Gasteiger partial charge in [-0.15, -0.1) is 0 Å². The smallest absolute Gasteiger partial charge is 0.339 e. The summed E-state index contributed by atoms with van der Waals surface area (Å²) in [7, 11) is 1.35. The second-order valence-electron chi connectivity index (χ2n) is 8.18. The first-order valence-electron chi connectivity index (χ1n) is 10.5. The van der Waals surface area contributed by atoms with Gasteiger partial charge in [-0.1, -0.05) is 29.4 Å². The van der Waals surface area contributed by atoms with Crippen molar-refractivity contribution >= 4 is 5.97 Å². The zero-order valence-electron chi connectivity index (χ0n) is 18.3. The number of halogens is 2. The highest BCUT2D eigenvalue weighted by atomic mass is 19.3. The van der Waals surface area contributed by atoms with Crippen LogP contribution in [0.4, 0.5) is 8.78 Å². The van der Waals surface area contributed by atoms with E-state index in [-0.39, 0.29) is 34.0 Å². The van der Waals surface area contributed by atoms with Crippen molar-refractivity contribution in [3.05, 3.63) is 76.7 Å². The summed E-state index contributed by atoms with van der Waals surface area (Å²) >= 11 is 0. The number of aromatic nitrogens is 4. The van der Waals surface area contributed by atoms with Gasteiger partial charge < -0.3 is 14.4 Å². The molecule has 0 amide bonds. The largest absolute Gasteiger partial charge is 0.496 e. The average Bonchev–Trinajstić information content (AvgIpc) is 3.27. The Morgan fingerprint density at radius 3 is 2.62 bits per heavy atom. The quantitative estimate of drug-likeness (QED) is 0.411. The van der Waals surface area contributed by atoms with Crippen LogP contribution in [0.2, 0.25) is 0 Å². The molecule has 5 rings (SSSR count). The highest BCUT2D eigenvalue weighted by Crippen LogP contribution is 2.53. The fourth-order valence-electron chi connectivity index (χ4n) is 4.22. The van der Waals surface area contributed by atoms with Crippen LogP contribution in [0.1, 0.15) is 52.3 Å². The lowest BCUT2D eigenvalue weighted by Gasteiger charge is -2.13. The van der Waals surface area contributed by atoms with E-state index in [2.05, 4.69) is 15.2 Å². The second kappa shape index (κ2) is 8.05. The normalized spacial score (nSPS) is 14.4. The van der Waals surface area contributed by atoms with Crippen molar-refractivity contribution in [2.45, 2.75) is 31.6 Å². The summed E-state index contributed by atoms with van der Waals surface area (Å²) in [5, 5.41) is 17.7. The summed E-state index contributed by atoms with van der Waals surface area (Å²) in [6, 6.07) is 13.4. The maximum absolute atomic E-state index is 13.5. The number of aromatic carboxylic acids is 1. The Morgan fingerprint density at radius 1 is 1.21 bits per heavy atom. The molecular formula is C24H20F2N4O4. The van der Waals surface area contributed by atoms with Gasteiger partial charge in [-0.25, -0.2) is 18.3 Å². The van der Waals surface area contributed by atoms with E-state index >= 15 is 0 Å². The summed E-state index contributed by atoms with van der Waals surface area (Å²) in [4.78, 5) is 16.2. The van der Waals surface area contributed by atoms with Crippen LogP contribution in [0.5, 0.6) is 5.75 Å². The third kappa shape index (κ3) is 3.51. The summed E-state index contributed by atoms with van der Waals surface area (Å²) in [5.74, 6) is -0.602. The first kappa shape index (κ1) is 21.7. The van der Waals surface area contributed by atoms with Gasteiger partial charge in [0.1, 0.15) is 22.7 Å². The molecule has 0 bridgehead atoms. The molecule has 0 atom stereocenters. The predicted molar refractivity (Wildman–Crippen MR) is 117 cm³/mol. The number of nitrogens with zero attached hydrogens (tertiary/aromatic N) is 4. The number of rotatable bonds is 7.